The average Bonchev–Trinajstić information content (AvgIpc) is 2.89. The standard InChI is InChI=1S/C17H16FN3S/c1-12-3-5-13(6-4-12)11-22-17-20-19-16(21(17)2)14-7-9-15(18)10-8-14/h3-10H,11H2,1-2H3. The van der Waals surface area contributed by atoms with Crippen LogP contribution in [-0.2, 0) is 12.8 Å². The van der Waals surface area contributed by atoms with Crippen molar-refractivity contribution in [3.63, 3.8) is 0 Å². The molecule has 3 rings (SSSR count). The van der Waals surface area contributed by atoms with E-state index in [9.17, 15) is 4.39 Å². The normalized spacial score (nSPS) is 10.9. The fraction of sp³-hybridized carbons (Fsp3) is 0.176. The summed E-state index contributed by atoms with van der Waals surface area (Å²) in [6.07, 6.45) is 0. The Kier molecular flexibility index (Phi) is 4.24. The third-order valence-corrected chi connectivity index (χ3v) is 4.52. The second kappa shape index (κ2) is 6.32. The van der Waals surface area contributed by atoms with Gasteiger partial charge in [-0.1, -0.05) is 41.6 Å². The molecule has 0 saturated carbocycles. The lowest BCUT2D eigenvalue weighted by Gasteiger charge is -2.04. The summed E-state index contributed by atoms with van der Waals surface area (Å²) in [5.74, 6) is 1.33. The Morgan fingerprint density at radius 2 is 1.68 bits per heavy atom. The highest BCUT2D eigenvalue weighted by atomic mass is 32.2. The molecule has 0 aliphatic heterocycles. The van der Waals surface area contributed by atoms with Crippen molar-refractivity contribution in [2.24, 2.45) is 7.05 Å². The van der Waals surface area contributed by atoms with Crippen molar-refractivity contribution in [2.75, 3.05) is 0 Å². The number of thioether (sulfide) groups is 1. The number of aromatic nitrogens is 3. The van der Waals surface area contributed by atoms with Crippen LogP contribution in [0.5, 0.6) is 0 Å². The van der Waals surface area contributed by atoms with E-state index in [4.69, 9.17) is 0 Å². The van der Waals surface area contributed by atoms with Gasteiger partial charge in [-0.15, -0.1) is 10.2 Å². The van der Waals surface area contributed by atoms with Gasteiger partial charge in [-0.3, -0.25) is 0 Å². The van der Waals surface area contributed by atoms with E-state index in [2.05, 4.69) is 41.4 Å². The van der Waals surface area contributed by atoms with E-state index in [1.807, 2.05) is 11.6 Å². The lowest BCUT2D eigenvalue weighted by atomic mass is 10.2. The Balaban J connectivity index is 1.75. The number of hydrogen-bond acceptors (Lipinski definition) is 3. The summed E-state index contributed by atoms with van der Waals surface area (Å²) in [6.45, 7) is 2.08. The first-order chi connectivity index (χ1) is 10.6. The molecule has 5 heteroatoms. The Bertz CT molecular complexity index is 764. The van der Waals surface area contributed by atoms with Crippen LogP contribution in [0.1, 0.15) is 11.1 Å². The largest absolute Gasteiger partial charge is 0.305 e. The Labute approximate surface area is 133 Å². The van der Waals surface area contributed by atoms with Crippen LogP contribution in [0.15, 0.2) is 53.7 Å². The van der Waals surface area contributed by atoms with E-state index in [0.29, 0.717) is 0 Å². The second-order valence-corrected chi connectivity index (χ2v) is 6.09. The van der Waals surface area contributed by atoms with Crippen molar-refractivity contribution >= 4 is 11.8 Å². The molecule has 0 fully saturated rings. The van der Waals surface area contributed by atoms with E-state index in [-0.39, 0.29) is 5.82 Å². The Hall–Kier alpha value is -2.14. The SMILES string of the molecule is Cc1ccc(CSc2nnc(-c3ccc(F)cc3)n2C)cc1. The maximum atomic E-state index is 13.0. The van der Waals surface area contributed by atoms with Gasteiger partial charge in [0.25, 0.3) is 0 Å². The summed E-state index contributed by atoms with van der Waals surface area (Å²) in [4.78, 5) is 0. The van der Waals surface area contributed by atoms with Crippen LogP contribution in [0.4, 0.5) is 4.39 Å². The third-order valence-electron chi connectivity index (χ3n) is 3.43. The van der Waals surface area contributed by atoms with Crippen molar-refractivity contribution < 1.29 is 4.39 Å². The molecule has 0 bridgehead atoms. The molecule has 0 saturated heterocycles. The number of halogens is 1. The molecule has 1 heterocycles. The number of rotatable bonds is 4. The lowest BCUT2D eigenvalue weighted by molar-refractivity contribution is 0.628. The third kappa shape index (κ3) is 3.20. The summed E-state index contributed by atoms with van der Waals surface area (Å²) >= 11 is 1.64. The molecule has 0 spiro atoms. The van der Waals surface area contributed by atoms with Gasteiger partial charge in [0.15, 0.2) is 11.0 Å². The minimum atomic E-state index is -0.250. The zero-order valence-corrected chi connectivity index (χ0v) is 13.3. The Morgan fingerprint density at radius 3 is 2.36 bits per heavy atom. The first-order valence-corrected chi connectivity index (χ1v) is 7.96. The van der Waals surface area contributed by atoms with Gasteiger partial charge in [0.05, 0.1) is 0 Å². The van der Waals surface area contributed by atoms with Gasteiger partial charge in [0, 0.05) is 18.4 Å². The summed E-state index contributed by atoms with van der Waals surface area (Å²) in [5.41, 5.74) is 3.37. The number of hydrogen-bond donors (Lipinski definition) is 0. The van der Waals surface area contributed by atoms with Crippen molar-refractivity contribution in [1.82, 2.24) is 14.8 Å². The van der Waals surface area contributed by atoms with E-state index in [0.717, 1.165) is 22.3 Å². The predicted molar refractivity (Wildman–Crippen MR) is 87.1 cm³/mol. The molecular formula is C17H16FN3S. The number of nitrogens with zero attached hydrogens (tertiary/aromatic N) is 3. The van der Waals surface area contributed by atoms with Crippen LogP contribution in [0.3, 0.4) is 0 Å². The van der Waals surface area contributed by atoms with Crippen LogP contribution in [0.2, 0.25) is 0 Å². The van der Waals surface area contributed by atoms with E-state index in [1.165, 1.54) is 23.3 Å². The van der Waals surface area contributed by atoms with Gasteiger partial charge in [-0.25, -0.2) is 4.39 Å². The molecule has 112 valence electrons. The van der Waals surface area contributed by atoms with Crippen molar-refractivity contribution in [3.05, 3.63) is 65.5 Å². The molecule has 0 radical (unpaired) electrons. The minimum Gasteiger partial charge on any atom is -0.305 e. The molecule has 0 unspecified atom stereocenters. The van der Waals surface area contributed by atoms with Gasteiger partial charge in [-0.2, -0.15) is 0 Å². The summed E-state index contributed by atoms with van der Waals surface area (Å²) in [7, 11) is 1.93. The minimum absolute atomic E-state index is 0.250. The van der Waals surface area contributed by atoms with Crippen LogP contribution in [0.25, 0.3) is 11.4 Å². The second-order valence-electron chi connectivity index (χ2n) is 5.15. The fourth-order valence-corrected chi connectivity index (χ4v) is 2.99. The van der Waals surface area contributed by atoms with E-state index in [1.54, 1.807) is 23.9 Å². The highest BCUT2D eigenvalue weighted by molar-refractivity contribution is 7.98. The van der Waals surface area contributed by atoms with Gasteiger partial charge in [-0.05, 0) is 36.8 Å². The van der Waals surface area contributed by atoms with Crippen LogP contribution in [0, 0.1) is 12.7 Å². The maximum absolute atomic E-state index is 13.0. The van der Waals surface area contributed by atoms with Crippen LogP contribution < -0.4 is 0 Å². The monoisotopic (exact) mass is 313 g/mol. The average molecular weight is 313 g/mol. The molecule has 0 amide bonds. The van der Waals surface area contributed by atoms with E-state index >= 15 is 0 Å². The molecular weight excluding hydrogens is 297 g/mol. The smallest absolute Gasteiger partial charge is 0.191 e. The van der Waals surface area contributed by atoms with E-state index < -0.39 is 0 Å². The molecule has 0 N–H and O–H groups in total. The highest BCUT2D eigenvalue weighted by Gasteiger charge is 2.11. The number of aryl methyl sites for hydroxylation is 1. The highest BCUT2D eigenvalue weighted by Crippen LogP contribution is 2.25. The van der Waals surface area contributed by atoms with Crippen molar-refractivity contribution in [3.8, 4) is 11.4 Å². The lowest BCUT2D eigenvalue weighted by Crippen LogP contribution is -1.95. The zero-order chi connectivity index (χ0) is 15.5. The quantitative estimate of drug-likeness (QED) is 0.676. The van der Waals surface area contributed by atoms with Gasteiger partial charge >= 0.3 is 0 Å². The van der Waals surface area contributed by atoms with Crippen molar-refractivity contribution in [1.29, 1.82) is 0 Å². The molecule has 2 aromatic carbocycles. The van der Waals surface area contributed by atoms with Gasteiger partial charge in [0.1, 0.15) is 5.82 Å². The molecule has 3 nitrogen and oxygen atoms in total. The van der Waals surface area contributed by atoms with Crippen LogP contribution in [-0.4, -0.2) is 14.8 Å². The predicted octanol–water partition coefficient (Wildman–Crippen LogP) is 4.22. The molecule has 3 aromatic rings. The van der Waals surface area contributed by atoms with Crippen LogP contribution >= 0.6 is 11.8 Å². The van der Waals surface area contributed by atoms with Gasteiger partial charge < -0.3 is 4.57 Å². The Morgan fingerprint density at radius 1 is 1.00 bits per heavy atom. The first kappa shape index (κ1) is 14.8. The summed E-state index contributed by atoms with van der Waals surface area (Å²) in [5, 5.41) is 9.29. The van der Waals surface area contributed by atoms with Crippen molar-refractivity contribution in [2.45, 2.75) is 17.8 Å². The first-order valence-electron chi connectivity index (χ1n) is 6.97. The topological polar surface area (TPSA) is 30.7 Å². The van der Waals surface area contributed by atoms with Gasteiger partial charge in [0.2, 0.25) is 0 Å². The maximum Gasteiger partial charge on any atom is 0.191 e. The molecule has 0 aliphatic rings. The number of benzene rings is 2. The molecule has 0 aliphatic carbocycles. The molecule has 1 aromatic heterocycles. The summed E-state index contributed by atoms with van der Waals surface area (Å²) < 4.78 is 14.9. The fourth-order valence-electron chi connectivity index (χ4n) is 2.12. The summed E-state index contributed by atoms with van der Waals surface area (Å²) in [6, 6.07) is 14.8. The molecule has 0 atom stereocenters. The molecule has 22 heavy (non-hydrogen) atoms. The zero-order valence-electron chi connectivity index (χ0n) is 12.5.